The summed E-state index contributed by atoms with van der Waals surface area (Å²) in [7, 11) is 0. The Balaban J connectivity index is 2.33. The second-order valence-electron chi connectivity index (χ2n) is 4.48. The second kappa shape index (κ2) is 4.41. The van der Waals surface area contributed by atoms with Gasteiger partial charge in [0.05, 0.1) is 22.3 Å². The molecule has 0 atom stereocenters. The summed E-state index contributed by atoms with van der Waals surface area (Å²) in [6.45, 7) is 0. The number of imidazole rings is 1. The van der Waals surface area contributed by atoms with E-state index in [2.05, 4.69) is 4.98 Å². The number of benzene rings is 2. The zero-order valence-corrected chi connectivity index (χ0v) is 10.5. The van der Waals surface area contributed by atoms with Crippen molar-refractivity contribution in [3.05, 3.63) is 58.5 Å². The minimum atomic E-state index is -4.56. The number of nitrogens with one attached hydrogen (secondary N) is 1. The van der Waals surface area contributed by atoms with Crippen LogP contribution in [0.1, 0.15) is 5.56 Å². The van der Waals surface area contributed by atoms with Gasteiger partial charge in [0.1, 0.15) is 5.75 Å². The van der Waals surface area contributed by atoms with E-state index in [0.717, 1.165) is 22.8 Å². The van der Waals surface area contributed by atoms with Crippen LogP contribution in [0.4, 0.5) is 13.2 Å². The van der Waals surface area contributed by atoms with Gasteiger partial charge in [-0.25, -0.2) is 4.79 Å². The summed E-state index contributed by atoms with van der Waals surface area (Å²) < 4.78 is 39.4. The number of phenols is 1. The van der Waals surface area contributed by atoms with Crippen LogP contribution in [0.15, 0.2) is 47.3 Å². The van der Waals surface area contributed by atoms with Crippen LogP contribution in [-0.2, 0) is 6.18 Å². The Morgan fingerprint density at radius 3 is 2.52 bits per heavy atom. The number of H-pyrrole nitrogens is 1. The Kier molecular flexibility index (Phi) is 2.79. The number of alkyl halides is 3. The van der Waals surface area contributed by atoms with Gasteiger partial charge in [0.2, 0.25) is 0 Å². The molecule has 1 heterocycles. The Hall–Kier alpha value is -2.70. The first kappa shape index (κ1) is 13.3. The Labute approximate surface area is 116 Å². The highest BCUT2D eigenvalue weighted by Crippen LogP contribution is 2.34. The molecule has 4 nitrogen and oxygen atoms in total. The van der Waals surface area contributed by atoms with E-state index in [1.165, 1.54) is 0 Å². The van der Waals surface area contributed by atoms with Crippen molar-refractivity contribution < 1.29 is 18.3 Å². The molecule has 21 heavy (non-hydrogen) atoms. The Morgan fingerprint density at radius 2 is 1.81 bits per heavy atom. The number of aromatic hydroxyl groups is 1. The SMILES string of the molecule is O=c1[nH]c2ccccc2n1-c1cc(C(F)(F)F)ccc1O. The number of rotatable bonds is 1. The molecule has 0 aliphatic heterocycles. The summed E-state index contributed by atoms with van der Waals surface area (Å²) in [6, 6.07) is 8.97. The van der Waals surface area contributed by atoms with Crippen molar-refractivity contribution in [2.75, 3.05) is 0 Å². The van der Waals surface area contributed by atoms with E-state index in [0.29, 0.717) is 11.0 Å². The minimum Gasteiger partial charge on any atom is -0.506 e. The maximum Gasteiger partial charge on any atom is 0.416 e. The van der Waals surface area contributed by atoms with Crippen molar-refractivity contribution >= 4 is 11.0 Å². The summed E-state index contributed by atoms with van der Waals surface area (Å²) in [5, 5.41) is 9.82. The van der Waals surface area contributed by atoms with E-state index < -0.39 is 23.2 Å². The molecule has 0 aliphatic rings. The lowest BCUT2D eigenvalue weighted by Crippen LogP contribution is -2.16. The molecular weight excluding hydrogens is 285 g/mol. The van der Waals surface area contributed by atoms with Crippen LogP contribution in [-0.4, -0.2) is 14.7 Å². The van der Waals surface area contributed by atoms with Crippen molar-refractivity contribution in [3.63, 3.8) is 0 Å². The molecule has 0 aliphatic carbocycles. The fraction of sp³-hybridized carbons (Fsp3) is 0.0714. The monoisotopic (exact) mass is 294 g/mol. The quantitative estimate of drug-likeness (QED) is 0.724. The molecule has 108 valence electrons. The maximum absolute atomic E-state index is 12.8. The van der Waals surface area contributed by atoms with Gasteiger partial charge in [-0.3, -0.25) is 4.57 Å². The number of aromatic nitrogens is 2. The molecule has 3 aromatic rings. The van der Waals surface area contributed by atoms with Crippen LogP contribution in [0.3, 0.4) is 0 Å². The Morgan fingerprint density at radius 1 is 1.10 bits per heavy atom. The number of nitrogens with zero attached hydrogens (tertiary/aromatic N) is 1. The number of hydrogen-bond acceptors (Lipinski definition) is 2. The van der Waals surface area contributed by atoms with Crippen molar-refractivity contribution in [2.45, 2.75) is 6.18 Å². The molecule has 2 N–H and O–H groups in total. The molecule has 0 radical (unpaired) electrons. The molecule has 0 fully saturated rings. The molecule has 0 saturated heterocycles. The molecule has 0 amide bonds. The van der Waals surface area contributed by atoms with Crippen LogP contribution in [0.2, 0.25) is 0 Å². The molecule has 3 rings (SSSR count). The first-order chi connectivity index (χ1) is 9.88. The van der Waals surface area contributed by atoms with Crippen molar-refractivity contribution in [3.8, 4) is 11.4 Å². The van der Waals surface area contributed by atoms with E-state index >= 15 is 0 Å². The Bertz CT molecular complexity index is 878. The molecule has 7 heteroatoms. The fourth-order valence-corrected chi connectivity index (χ4v) is 2.17. The third kappa shape index (κ3) is 2.16. The first-order valence-corrected chi connectivity index (χ1v) is 5.98. The van der Waals surface area contributed by atoms with Crippen LogP contribution in [0, 0.1) is 0 Å². The lowest BCUT2D eigenvalue weighted by atomic mass is 10.1. The van der Waals surface area contributed by atoms with Gasteiger partial charge in [0.15, 0.2) is 0 Å². The number of halogens is 3. The van der Waals surface area contributed by atoms with Gasteiger partial charge in [-0.2, -0.15) is 13.2 Å². The van der Waals surface area contributed by atoms with Gasteiger partial charge >= 0.3 is 11.9 Å². The van der Waals surface area contributed by atoms with Crippen molar-refractivity contribution in [1.82, 2.24) is 9.55 Å². The molecule has 0 spiro atoms. The van der Waals surface area contributed by atoms with Gasteiger partial charge in [0, 0.05) is 0 Å². The predicted octanol–water partition coefficient (Wildman–Crippen LogP) is 3.04. The fourth-order valence-electron chi connectivity index (χ4n) is 2.17. The summed E-state index contributed by atoms with van der Waals surface area (Å²) in [5.74, 6) is -0.408. The van der Waals surface area contributed by atoms with Gasteiger partial charge < -0.3 is 10.1 Å². The molecule has 0 saturated carbocycles. The molecule has 0 unspecified atom stereocenters. The standard InChI is InChI=1S/C14H9F3N2O2/c15-14(16,17)8-5-6-12(20)11(7-8)19-10-4-2-1-3-9(10)18-13(19)21/h1-7,20H,(H,18,21). The summed E-state index contributed by atoms with van der Waals surface area (Å²) in [4.78, 5) is 14.5. The number of hydrogen-bond donors (Lipinski definition) is 2. The van der Waals surface area contributed by atoms with E-state index in [4.69, 9.17) is 0 Å². The maximum atomic E-state index is 12.8. The third-order valence-corrected chi connectivity index (χ3v) is 3.13. The molecule has 2 aromatic carbocycles. The first-order valence-electron chi connectivity index (χ1n) is 5.98. The number of phenolic OH excluding ortho intramolecular Hbond substituents is 1. The number of fused-ring (bicyclic) bond motifs is 1. The highest BCUT2D eigenvalue weighted by Gasteiger charge is 2.31. The smallest absolute Gasteiger partial charge is 0.416 e. The minimum absolute atomic E-state index is 0.215. The summed E-state index contributed by atoms with van der Waals surface area (Å²) >= 11 is 0. The van der Waals surface area contributed by atoms with Gasteiger partial charge in [-0.15, -0.1) is 0 Å². The van der Waals surface area contributed by atoms with Gasteiger partial charge in [-0.1, -0.05) is 12.1 Å². The van der Waals surface area contributed by atoms with Crippen molar-refractivity contribution in [1.29, 1.82) is 0 Å². The molecule has 1 aromatic heterocycles. The van der Waals surface area contributed by atoms with Gasteiger partial charge in [-0.05, 0) is 30.3 Å². The normalized spacial score (nSPS) is 12.0. The van der Waals surface area contributed by atoms with E-state index in [-0.39, 0.29) is 5.69 Å². The average molecular weight is 294 g/mol. The highest BCUT2D eigenvalue weighted by atomic mass is 19.4. The van der Waals surface area contributed by atoms with Crippen LogP contribution in [0.5, 0.6) is 5.75 Å². The highest BCUT2D eigenvalue weighted by molar-refractivity contribution is 5.77. The topological polar surface area (TPSA) is 58.0 Å². The molecular formula is C14H9F3N2O2. The summed E-state index contributed by atoms with van der Waals surface area (Å²) in [5.41, 5.74) is -0.915. The van der Waals surface area contributed by atoms with Crippen LogP contribution < -0.4 is 5.69 Å². The van der Waals surface area contributed by atoms with Crippen LogP contribution >= 0.6 is 0 Å². The summed E-state index contributed by atoms with van der Waals surface area (Å²) in [6.07, 6.45) is -4.56. The zero-order valence-electron chi connectivity index (χ0n) is 10.5. The van der Waals surface area contributed by atoms with E-state index in [1.807, 2.05) is 0 Å². The van der Waals surface area contributed by atoms with Crippen LogP contribution in [0.25, 0.3) is 16.7 Å². The molecule has 0 bridgehead atoms. The van der Waals surface area contributed by atoms with E-state index in [9.17, 15) is 23.1 Å². The van der Waals surface area contributed by atoms with Gasteiger partial charge in [0.25, 0.3) is 0 Å². The lowest BCUT2D eigenvalue weighted by Gasteiger charge is -2.11. The zero-order chi connectivity index (χ0) is 15.2. The third-order valence-electron chi connectivity index (χ3n) is 3.13. The number of para-hydroxylation sites is 2. The van der Waals surface area contributed by atoms with Crippen molar-refractivity contribution in [2.24, 2.45) is 0 Å². The lowest BCUT2D eigenvalue weighted by molar-refractivity contribution is -0.137. The van der Waals surface area contributed by atoms with E-state index in [1.54, 1.807) is 24.3 Å². The predicted molar refractivity (Wildman–Crippen MR) is 70.6 cm³/mol. The average Bonchev–Trinajstić information content (AvgIpc) is 2.74. The second-order valence-corrected chi connectivity index (χ2v) is 4.48. The number of aromatic amines is 1. The largest absolute Gasteiger partial charge is 0.506 e.